The Morgan fingerprint density at radius 2 is 2.00 bits per heavy atom. The van der Waals surface area contributed by atoms with Gasteiger partial charge in [0.25, 0.3) is 0 Å². The van der Waals surface area contributed by atoms with Crippen LogP contribution in [0.1, 0.15) is 32.5 Å². The van der Waals surface area contributed by atoms with Gasteiger partial charge in [0.1, 0.15) is 5.82 Å². The third-order valence-corrected chi connectivity index (χ3v) is 3.37. The van der Waals surface area contributed by atoms with Gasteiger partial charge < -0.3 is 10.6 Å². The van der Waals surface area contributed by atoms with Crippen LogP contribution in [0.2, 0.25) is 0 Å². The van der Waals surface area contributed by atoms with Crippen molar-refractivity contribution in [3.63, 3.8) is 0 Å². The van der Waals surface area contributed by atoms with Crippen molar-refractivity contribution < 1.29 is 0 Å². The van der Waals surface area contributed by atoms with Gasteiger partial charge in [0.15, 0.2) is 0 Å². The van der Waals surface area contributed by atoms with Crippen LogP contribution >= 0.6 is 0 Å². The predicted octanol–water partition coefficient (Wildman–Crippen LogP) is 0.993. The molecule has 0 atom stereocenters. The number of anilines is 1. The standard InChI is InChI=1S/C11H21N5/c1-3-16-10(8-12)13-14-11(16)15-6-4-9(2)5-7-15/h9H,3-8,12H2,1-2H3. The lowest BCUT2D eigenvalue weighted by atomic mass is 10.00. The van der Waals surface area contributed by atoms with Gasteiger partial charge in [-0.3, -0.25) is 4.57 Å². The Hall–Kier alpha value is -1.10. The van der Waals surface area contributed by atoms with Crippen LogP contribution in [0.4, 0.5) is 5.95 Å². The molecule has 16 heavy (non-hydrogen) atoms. The summed E-state index contributed by atoms with van der Waals surface area (Å²) in [5.74, 6) is 2.72. The fourth-order valence-corrected chi connectivity index (χ4v) is 2.24. The molecule has 1 aromatic rings. The summed E-state index contributed by atoms with van der Waals surface area (Å²) in [6.07, 6.45) is 2.49. The van der Waals surface area contributed by atoms with E-state index in [1.165, 1.54) is 12.8 Å². The minimum absolute atomic E-state index is 0.463. The molecule has 1 fully saturated rings. The van der Waals surface area contributed by atoms with E-state index in [0.29, 0.717) is 6.54 Å². The van der Waals surface area contributed by atoms with Gasteiger partial charge in [-0.1, -0.05) is 6.92 Å². The molecule has 1 saturated heterocycles. The van der Waals surface area contributed by atoms with Crippen LogP contribution in [0.5, 0.6) is 0 Å². The molecule has 2 N–H and O–H groups in total. The second-order valence-electron chi connectivity index (χ2n) is 4.53. The predicted molar refractivity (Wildman–Crippen MR) is 64.2 cm³/mol. The van der Waals surface area contributed by atoms with Crippen molar-refractivity contribution in [2.45, 2.75) is 39.8 Å². The lowest BCUT2D eigenvalue weighted by molar-refractivity contribution is 0.430. The molecule has 5 heteroatoms. The van der Waals surface area contributed by atoms with Gasteiger partial charge in [-0.05, 0) is 25.7 Å². The normalized spacial score (nSPS) is 18.1. The van der Waals surface area contributed by atoms with Crippen molar-refractivity contribution in [3.05, 3.63) is 5.82 Å². The van der Waals surface area contributed by atoms with E-state index in [2.05, 4.69) is 33.5 Å². The van der Waals surface area contributed by atoms with Crippen LogP contribution in [0.3, 0.4) is 0 Å². The summed E-state index contributed by atoms with van der Waals surface area (Å²) in [5.41, 5.74) is 5.65. The maximum Gasteiger partial charge on any atom is 0.227 e. The fraction of sp³-hybridized carbons (Fsp3) is 0.818. The summed E-state index contributed by atoms with van der Waals surface area (Å²) in [4.78, 5) is 2.33. The van der Waals surface area contributed by atoms with Gasteiger partial charge in [-0.2, -0.15) is 0 Å². The van der Waals surface area contributed by atoms with E-state index >= 15 is 0 Å². The molecular formula is C11H21N5. The zero-order valence-electron chi connectivity index (χ0n) is 10.2. The van der Waals surface area contributed by atoms with E-state index < -0.39 is 0 Å². The molecule has 0 unspecified atom stereocenters. The third-order valence-electron chi connectivity index (χ3n) is 3.37. The molecule has 90 valence electrons. The molecule has 5 nitrogen and oxygen atoms in total. The average molecular weight is 223 g/mol. The molecule has 1 aliphatic heterocycles. The first-order valence-corrected chi connectivity index (χ1v) is 6.13. The van der Waals surface area contributed by atoms with Crippen LogP contribution in [-0.2, 0) is 13.1 Å². The highest BCUT2D eigenvalue weighted by molar-refractivity contribution is 5.31. The second-order valence-corrected chi connectivity index (χ2v) is 4.53. The Morgan fingerprint density at radius 3 is 2.56 bits per heavy atom. The lowest BCUT2D eigenvalue weighted by Crippen LogP contribution is -2.35. The molecule has 0 aliphatic carbocycles. The van der Waals surface area contributed by atoms with E-state index in [-0.39, 0.29) is 0 Å². The van der Waals surface area contributed by atoms with E-state index in [4.69, 9.17) is 5.73 Å². The highest BCUT2D eigenvalue weighted by Crippen LogP contribution is 2.21. The zero-order chi connectivity index (χ0) is 11.5. The summed E-state index contributed by atoms with van der Waals surface area (Å²) in [5, 5.41) is 8.41. The topological polar surface area (TPSA) is 60.0 Å². The maximum absolute atomic E-state index is 5.65. The molecule has 0 bridgehead atoms. The molecule has 2 rings (SSSR count). The van der Waals surface area contributed by atoms with E-state index in [1.807, 2.05) is 0 Å². The van der Waals surface area contributed by atoms with Gasteiger partial charge in [0.2, 0.25) is 5.95 Å². The maximum atomic E-state index is 5.65. The third kappa shape index (κ3) is 2.04. The zero-order valence-corrected chi connectivity index (χ0v) is 10.2. The molecule has 0 amide bonds. The minimum Gasteiger partial charge on any atom is -0.341 e. The molecule has 1 aromatic heterocycles. The molecule has 0 saturated carbocycles. The van der Waals surface area contributed by atoms with Crippen LogP contribution in [-0.4, -0.2) is 27.9 Å². The Balaban J connectivity index is 2.16. The largest absolute Gasteiger partial charge is 0.341 e. The highest BCUT2D eigenvalue weighted by Gasteiger charge is 2.21. The molecule has 0 radical (unpaired) electrons. The number of rotatable bonds is 3. The molecule has 1 aliphatic rings. The van der Waals surface area contributed by atoms with Gasteiger partial charge in [-0.15, -0.1) is 10.2 Å². The summed E-state index contributed by atoms with van der Waals surface area (Å²) in [6.45, 7) is 7.95. The van der Waals surface area contributed by atoms with Crippen LogP contribution in [0, 0.1) is 5.92 Å². The number of nitrogens with zero attached hydrogens (tertiary/aromatic N) is 4. The monoisotopic (exact) mass is 223 g/mol. The Kier molecular flexibility index (Phi) is 3.43. The van der Waals surface area contributed by atoms with Gasteiger partial charge in [-0.25, -0.2) is 0 Å². The minimum atomic E-state index is 0.463. The average Bonchev–Trinajstić information content (AvgIpc) is 2.72. The van der Waals surface area contributed by atoms with Crippen LogP contribution < -0.4 is 10.6 Å². The first kappa shape index (κ1) is 11.4. The van der Waals surface area contributed by atoms with Gasteiger partial charge in [0, 0.05) is 19.6 Å². The van der Waals surface area contributed by atoms with Crippen molar-refractivity contribution in [3.8, 4) is 0 Å². The number of piperidine rings is 1. The summed E-state index contributed by atoms with van der Waals surface area (Å²) < 4.78 is 2.12. The number of aromatic nitrogens is 3. The van der Waals surface area contributed by atoms with E-state index in [0.717, 1.165) is 37.3 Å². The molecular weight excluding hydrogens is 202 g/mol. The lowest BCUT2D eigenvalue weighted by Gasteiger charge is -2.31. The van der Waals surface area contributed by atoms with Crippen molar-refractivity contribution in [2.75, 3.05) is 18.0 Å². The number of hydrogen-bond acceptors (Lipinski definition) is 4. The summed E-state index contributed by atoms with van der Waals surface area (Å²) >= 11 is 0. The Morgan fingerprint density at radius 1 is 1.31 bits per heavy atom. The summed E-state index contributed by atoms with van der Waals surface area (Å²) in [6, 6.07) is 0. The van der Waals surface area contributed by atoms with Crippen molar-refractivity contribution in [1.82, 2.24) is 14.8 Å². The number of hydrogen-bond donors (Lipinski definition) is 1. The fourth-order valence-electron chi connectivity index (χ4n) is 2.24. The van der Waals surface area contributed by atoms with E-state index in [9.17, 15) is 0 Å². The Labute approximate surface area is 96.6 Å². The first-order valence-electron chi connectivity index (χ1n) is 6.13. The van der Waals surface area contributed by atoms with Crippen LogP contribution in [0.25, 0.3) is 0 Å². The SMILES string of the molecule is CCn1c(CN)nnc1N1CCC(C)CC1. The summed E-state index contributed by atoms with van der Waals surface area (Å²) in [7, 11) is 0. The van der Waals surface area contributed by atoms with Crippen molar-refractivity contribution >= 4 is 5.95 Å². The highest BCUT2D eigenvalue weighted by atomic mass is 15.4. The van der Waals surface area contributed by atoms with Gasteiger partial charge >= 0.3 is 0 Å². The van der Waals surface area contributed by atoms with Crippen molar-refractivity contribution in [2.24, 2.45) is 11.7 Å². The second kappa shape index (κ2) is 4.82. The quantitative estimate of drug-likeness (QED) is 0.830. The Bertz CT molecular complexity index is 338. The smallest absolute Gasteiger partial charge is 0.227 e. The van der Waals surface area contributed by atoms with Crippen LogP contribution in [0.15, 0.2) is 0 Å². The number of nitrogens with two attached hydrogens (primary N) is 1. The molecule has 0 spiro atoms. The molecule has 0 aromatic carbocycles. The van der Waals surface area contributed by atoms with Gasteiger partial charge in [0.05, 0.1) is 6.54 Å². The molecule has 2 heterocycles. The first-order chi connectivity index (χ1) is 7.76. The van der Waals surface area contributed by atoms with E-state index in [1.54, 1.807) is 0 Å². The van der Waals surface area contributed by atoms with Crippen molar-refractivity contribution in [1.29, 1.82) is 0 Å².